The van der Waals surface area contributed by atoms with Gasteiger partial charge in [0.25, 0.3) is 0 Å². The Bertz CT molecular complexity index is 790. The Kier molecular flexibility index (Phi) is 3.94. The van der Waals surface area contributed by atoms with Crippen molar-refractivity contribution in [2.75, 3.05) is 24.8 Å². The van der Waals surface area contributed by atoms with Crippen LogP contribution in [0, 0.1) is 0 Å². The number of hydrogen-bond acceptors (Lipinski definition) is 6. The molecular weight excluding hydrogens is 352 g/mol. The number of benzene rings is 1. The van der Waals surface area contributed by atoms with Crippen molar-refractivity contribution < 1.29 is 4.74 Å². The molecule has 2 aromatic heterocycles. The van der Waals surface area contributed by atoms with Crippen LogP contribution in [-0.2, 0) is 0 Å². The van der Waals surface area contributed by atoms with Crippen LogP contribution in [0.25, 0.3) is 10.2 Å². The highest BCUT2D eigenvalue weighted by molar-refractivity contribution is 9.10. The summed E-state index contributed by atoms with van der Waals surface area (Å²) in [6, 6.07) is 7.80. The molecule has 0 spiro atoms. The first-order valence-corrected chi connectivity index (χ1v) is 7.92. The number of nitrogens with one attached hydrogen (secondary N) is 2. The van der Waals surface area contributed by atoms with Crippen LogP contribution in [0.1, 0.15) is 0 Å². The molecule has 7 heteroatoms. The number of thiophene rings is 1. The van der Waals surface area contributed by atoms with E-state index in [1.165, 1.54) is 0 Å². The second kappa shape index (κ2) is 5.87. The number of anilines is 3. The first-order valence-electron chi connectivity index (χ1n) is 6.25. The van der Waals surface area contributed by atoms with Gasteiger partial charge in [-0.15, -0.1) is 11.3 Å². The average Bonchev–Trinajstić information content (AvgIpc) is 2.96. The van der Waals surface area contributed by atoms with Crippen LogP contribution in [-0.4, -0.2) is 24.1 Å². The number of nitrogens with zero attached hydrogens (tertiary/aromatic N) is 2. The fourth-order valence-electron chi connectivity index (χ4n) is 1.97. The summed E-state index contributed by atoms with van der Waals surface area (Å²) in [7, 11) is 3.45. The van der Waals surface area contributed by atoms with Gasteiger partial charge in [-0.25, -0.2) is 4.98 Å². The van der Waals surface area contributed by atoms with Gasteiger partial charge in [0.1, 0.15) is 16.4 Å². The van der Waals surface area contributed by atoms with Gasteiger partial charge in [-0.05, 0) is 29.6 Å². The van der Waals surface area contributed by atoms with Gasteiger partial charge in [-0.2, -0.15) is 4.98 Å². The zero-order valence-corrected chi connectivity index (χ0v) is 13.9. The van der Waals surface area contributed by atoms with Crippen molar-refractivity contribution in [3.8, 4) is 5.75 Å². The predicted molar refractivity (Wildman–Crippen MR) is 90.9 cm³/mol. The van der Waals surface area contributed by atoms with Crippen molar-refractivity contribution in [1.82, 2.24) is 9.97 Å². The first kappa shape index (κ1) is 14.1. The molecule has 0 bridgehead atoms. The maximum Gasteiger partial charge on any atom is 0.225 e. The standard InChI is InChI=1S/C14H13BrN4OS/c1-16-14-18-12(9-5-6-21-13(9)19-14)17-10-7-8(15)3-4-11(10)20-2/h3-7H,1-2H3,(H2,16,17,18,19). The lowest BCUT2D eigenvalue weighted by molar-refractivity contribution is 0.416. The predicted octanol–water partition coefficient (Wildman–Crippen LogP) is 4.25. The highest BCUT2D eigenvalue weighted by Gasteiger charge is 2.11. The molecule has 0 radical (unpaired) electrons. The number of rotatable bonds is 4. The van der Waals surface area contributed by atoms with Crippen LogP contribution < -0.4 is 15.4 Å². The lowest BCUT2D eigenvalue weighted by Gasteiger charge is -2.12. The molecule has 0 amide bonds. The highest BCUT2D eigenvalue weighted by atomic mass is 79.9. The van der Waals surface area contributed by atoms with Crippen molar-refractivity contribution in [3.05, 3.63) is 34.1 Å². The third-order valence-corrected chi connectivity index (χ3v) is 4.26. The van der Waals surface area contributed by atoms with E-state index < -0.39 is 0 Å². The van der Waals surface area contributed by atoms with E-state index in [2.05, 4.69) is 36.5 Å². The average molecular weight is 365 g/mol. The molecule has 108 valence electrons. The molecule has 0 unspecified atom stereocenters. The summed E-state index contributed by atoms with van der Waals surface area (Å²) in [4.78, 5) is 9.86. The molecule has 0 saturated heterocycles. The zero-order chi connectivity index (χ0) is 14.8. The number of methoxy groups -OCH3 is 1. The third-order valence-electron chi connectivity index (χ3n) is 2.96. The fourth-order valence-corrected chi connectivity index (χ4v) is 3.09. The van der Waals surface area contributed by atoms with Gasteiger partial charge in [0.15, 0.2) is 0 Å². The second-order valence-electron chi connectivity index (χ2n) is 4.25. The molecule has 3 aromatic rings. The summed E-state index contributed by atoms with van der Waals surface area (Å²) in [6.07, 6.45) is 0. The normalized spacial score (nSPS) is 10.6. The number of halogens is 1. The number of aromatic nitrogens is 2. The molecule has 1 aromatic carbocycles. The van der Waals surface area contributed by atoms with E-state index in [1.807, 2.05) is 29.6 Å². The summed E-state index contributed by atoms with van der Waals surface area (Å²) in [5, 5.41) is 9.30. The lowest BCUT2D eigenvalue weighted by atomic mass is 10.3. The summed E-state index contributed by atoms with van der Waals surface area (Å²) in [5.74, 6) is 2.09. The van der Waals surface area contributed by atoms with Crippen LogP contribution in [0.15, 0.2) is 34.1 Å². The molecule has 0 aliphatic rings. The number of hydrogen-bond donors (Lipinski definition) is 2. The SMILES string of the molecule is CNc1nc(Nc2cc(Br)ccc2OC)c2ccsc2n1. The summed E-state index contributed by atoms with van der Waals surface area (Å²) in [6.45, 7) is 0. The Morgan fingerprint density at radius 3 is 2.86 bits per heavy atom. The van der Waals surface area contributed by atoms with Gasteiger partial charge in [0.05, 0.1) is 18.2 Å². The maximum atomic E-state index is 5.38. The topological polar surface area (TPSA) is 59.1 Å². The van der Waals surface area contributed by atoms with E-state index in [0.717, 1.165) is 31.9 Å². The van der Waals surface area contributed by atoms with Crippen LogP contribution in [0.3, 0.4) is 0 Å². The van der Waals surface area contributed by atoms with Crippen LogP contribution >= 0.6 is 27.3 Å². The molecular formula is C14H13BrN4OS. The van der Waals surface area contributed by atoms with Gasteiger partial charge in [-0.1, -0.05) is 15.9 Å². The molecule has 3 rings (SSSR count). The van der Waals surface area contributed by atoms with Crippen LogP contribution in [0.4, 0.5) is 17.5 Å². The van der Waals surface area contributed by atoms with Gasteiger partial charge in [-0.3, -0.25) is 0 Å². The Morgan fingerprint density at radius 2 is 2.10 bits per heavy atom. The highest BCUT2D eigenvalue weighted by Crippen LogP contribution is 2.33. The van der Waals surface area contributed by atoms with E-state index in [0.29, 0.717) is 5.95 Å². The van der Waals surface area contributed by atoms with Crippen molar-refractivity contribution in [3.63, 3.8) is 0 Å². The van der Waals surface area contributed by atoms with E-state index in [-0.39, 0.29) is 0 Å². The maximum absolute atomic E-state index is 5.38. The lowest BCUT2D eigenvalue weighted by Crippen LogP contribution is -2.02. The van der Waals surface area contributed by atoms with Crippen molar-refractivity contribution in [2.24, 2.45) is 0 Å². The Morgan fingerprint density at radius 1 is 1.24 bits per heavy atom. The fraction of sp³-hybridized carbons (Fsp3) is 0.143. The quantitative estimate of drug-likeness (QED) is 0.724. The molecule has 0 fully saturated rings. The summed E-state index contributed by atoms with van der Waals surface area (Å²) >= 11 is 5.05. The Balaban J connectivity index is 2.09. The van der Waals surface area contributed by atoms with E-state index in [9.17, 15) is 0 Å². The van der Waals surface area contributed by atoms with Gasteiger partial charge < -0.3 is 15.4 Å². The smallest absolute Gasteiger partial charge is 0.225 e. The molecule has 21 heavy (non-hydrogen) atoms. The summed E-state index contributed by atoms with van der Waals surface area (Å²) < 4.78 is 6.35. The van der Waals surface area contributed by atoms with Crippen LogP contribution in [0.2, 0.25) is 0 Å². The summed E-state index contributed by atoms with van der Waals surface area (Å²) in [5.41, 5.74) is 0.847. The van der Waals surface area contributed by atoms with Crippen LogP contribution in [0.5, 0.6) is 5.75 Å². The largest absolute Gasteiger partial charge is 0.495 e. The van der Waals surface area contributed by atoms with Gasteiger partial charge >= 0.3 is 0 Å². The zero-order valence-electron chi connectivity index (χ0n) is 11.5. The minimum absolute atomic E-state index is 0.585. The minimum Gasteiger partial charge on any atom is -0.495 e. The molecule has 0 saturated carbocycles. The first-order chi connectivity index (χ1) is 10.2. The minimum atomic E-state index is 0.585. The van der Waals surface area contributed by atoms with Crippen molar-refractivity contribution >= 4 is 54.9 Å². The van der Waals surface area contributed by atoms with E-state index >= 15 is 0 Å². The number of fused-ring (bicyclic) bond motifs is 1. The van der Waals surface area contributed by atoms with Crippen molar-refractivity contribution in [2.45, 2.75) is 0 Å². The van der Waals surface area contributed by atoms with Gasteiger partial charge in [0.2, 0.25) is 5.95 Å². The second-order valence-corrected chi connectivity index (χ2v) is 6.07. The monoisotopic (exact) mass is 364 g/mol. The van der Waals surface area contributed by atoms with Crippen molar-refractivity contribution in [1.29, 1.82) is 0 Å². The molecule has 0 aliphatic carbocycles. The number of ether oxygens (including phenoxy) is 1. The Hall–Kier alpha value is -1.86. The van der Waals surface area contributed by atoms with E-state index in [4.69, 9.17) is 4.74 Å². The third kappa shape index (κ3) is 2.79. The molecule has 5 nitrogen and oxygen atoms in total. The molecule has 0 aliphatic heterocycles. The van der Waals surface area contributed by atoms with E-state index in [1.54, 1.807) is 25.5 Å². The molecule has 0 atom stereocenters. The Labute approximate surface area is 134 Å². The molecule has 2 heterocycles. The van der Waals surface area contributed by atoms with Gasteiger partial charge in [0, 0.05) is 11.5 Å². The molecule has 2 N–H and O–H groups in total.